The minimum Gasteiger partial charge on any atom is -0.497 e. The van der Waals surface area contributed by atoms with E-state index in [-0.39, 0.29) is 5.91 Å². The number of carbonyl (C=O) groups is 2. The third-order valence-corrected chi connectivity index (χ3v) is 6.09. The lowest BCUT2D eigenvalue weighted by atomic mass is 10.0. The van der Waals surface area contributed by atoms with Gasteiger partial charge in [0.05, 0.1) is 19.2 Å². The van der Waals surface area contributed by atoms with Gasteiger partial charge in [0.25, 0.3) is 5.91 Å². The first-order valence-electron chi connectivity index (χ1n) is 9.61. The van der Waals surface area contributed by atoms with E-state index >= 15 is 0 Å². The molecule has 1 aliphatic rings. The standard InChI is InChI=1S/C23H19N3O4S/c1-29-16-7-9-17(10-8-16)30-23(28)26-12-11-18-19(13-24)22(31-20(18)14-26)25-21(27)15-5-3-2-4-6-15/h2-10H,11-12,14H2,1H3,(H,25,27). The summed E-state index contributed by atoms with van der Waals surface area (Å²) in [5, 5.41) is 13.0. The summed E-state index contributed by atoms with van der Waals surface area (Å²) < 4.78 is 10.6. The van der Waals surface area contributed by atoms with Gasteiger partial charge in [-0.05, 0) is 48.4 Å². The molecule has 0 bridgehead atoms. The van der Waals surface area contributed by atoms with Gasteiger partial charge in [0.2, 0.25) is 0 Å². The minimum atomic E-state index is -0.461. The van der Waals surface area contributed by atoms with Gasteiger partial charge in [-0.3, -0.25) is 4.79 Å². The van der Waals surface area contributed by atoms with Crippen LogP contribution in [0.1, 0.15) is 26.4 Å². The monoisotopic (exact) mass is 433 g/mol. The van der Waals surface area contributed by atoms with Crippen molar-refractivity contribution >= 4 is 28.3 Å². The van der Waals surface area contributed by atoms with Crippen molar-refractivity contribution in [3.05, 3.63) is 76.2 Å². The number of nitriles is 1. The summed E-state index contributed by atoms with van der Waals surface area (Å²) in [6.07, 6.45) is 0.0609. The molecule has 8 heteroatoms. The first-order chi connectivity index (χ1) is 15.1. The molecule has 1 aromatic heterocycles. The molecule has 0 saturated heterocycles. The molecule has 2 aromatic carbocycles. The van der Waals surface area contributed by atoms with E-state index in [2.05, 4.69) is 11.4 Å². The fourth-order valence-corrected chi connectivity index (χ4v) is 4.55. The lowest BCUT2D eigenvalue weighted by molar-refractivity contribution is 0.102. The normalized spacial score (nSPS) is 12.5. The number of ether oxygens (including phenoxy) is 2. The molecule has 0 unspecified atom stereocenters. The van der Waals surface area contributed by atoms with Gasteiger partial charge >= 0.3 is 6.09 Å². The summed E-state index contributed by atoms with van der Waals surface area (Å²) in [6.45, 7) is 0.754. The summed E-state index contributed by atoms with van der Waals surface area (Å²) in [5.41, 5.74) is 1.86. The fourth-order valence-electron chi connectivity index (χ4n) is 3.34. The Labute approximate surface area is 183 Å². The van der Waals surface area contributed by atoms with Crippen molar-refractivity contribution in [1.82, 2.24) is 4.90 Å². The van der Waals surface area contributed by atoms with Crippen LogP contribution in [0.2, 0.25) is 0 Å². The van der Waals surface area contributed by atoms with Crippen LogP contribution >= 0.6 is 11.3 Å². The zero-order chi connectivity index (χ0) is 21.8. The van der Waals surface area contributed by atoms with E-state index in [0.717, 1.165) is 10.4 Å². The van der Waals surface area contributed by atoms with E-state index in [4.69, 9.17) is 9.47 Å². The molecule has 0 atom stereocenters. The van der Waals surface area contributed by atoms with Crippen LogP contribution in [0.4, 0.5) is 9.80 Å². The molecule has 2 amide bonds. The Kier molecular flexibility index (Phi) is 5.87. The highest BCUT2D eigenvalue weighted by Crippen LogP contribution is 2.37. The lowest BCUT2D eigenvalue weighted by Crippen LogP contribution is -2.37. The second-order valence-electron chi connectivity index (χ2n) is 6.85. The molecular formula is C23H19N3O4S. The number of anilines is 1. The fraction of sp³-hybridized carbons (Fsp3) is 0.174. The van der Waals surface area contributed by atoms with E-state index in [1.54, 1.807) is 60.5 Å². The third kappa shape index (κ3) is 4.37. The average molecular weight is 433 g/mol. The number of amides is 2. The van der Waals surface area contributed by atoms with Crippen LogP contribution < -0.4 is 14.8 Å². The molecule has 31 heavy (non-hydrogen) atoms. The SMILES string of the molecule is COc1ccc(OC(=O)N2CCc3c(sc(NC(=O)c4ccccc4)c3C#N)C2)cc1. The molecule has 0 spiro atoms. The summed E-state index contributed by atoms with van der Waals surface area (Å²) >= 11 is 1.32. The van der Waals surface area contributed by atoms with Crippen molar-refractivity contribution in [2.45, 2.75) is 13.0 Å². The second kappa shape index (κ2) is 8.90. The maximum absolute atomic E-state index is 12.6. The van der Waals surface area contributed by atoms with Crippen LogP contribution in [0.25, 0.3) is 0 Å². The Hall–Kier alpha value is -3.83. The number of rotatable bonds is 4. The number of hydrogen-bond acceptors (Lipinski definition) is 6. The highest BCUT2D eigenvalue weighted by Gasteiger charge is 2.28. The zero-order valence-electron chi connectivity index (χ0n) is 16.8. The molecule has 4 rings (SSSR count). The number of carbonyl (C=O) groups excluding carboxylic acids is 2. The number of hydrogen-bond donors (Lipinski definition) is 1. The van der Waals surface area contributed by atoms with Crippen molar-refractivity contribution in [2.24, 2.45) is 0 Å². The Morgan fingerprint density at radius 2 is 1.81 bits per heavy atom. The van der Waals surface area contributed by atoms with Crippen LogP contribution in [0.3, 0.4) is 0 Å². The molecule has 0 aliphatic carbocycles. The summed E-state index contributed by atoms with van der Waals surface area (Å²) in [5.74, 6) is 0.831. The van der Waals surface area contributed by atoms with Gasteiger partial charge in [0.15, 0.2) is 0 Å². The van der Waals surface area contributed by atoms with Crippen LogP contribution in [-0.2, 0) is 13.0 Å². The smallest absolute Gasteiger partial charge is 0.415 e. The predicted octanol–water partition coefficient (Wildman–Crippen LogP) is 4.44. The highest BCUT2D eigenvalue weighted by molar-refractivity contribution is 7.16. The first kappa shape index (κ1) is 20.4. The highest BCUT2D eigenvalue weighted by atomic mass is 32.1. The first-order valence-corrected chi connectivity index (χ1v) is 10.4. The number of fused-ring (bicyclic) bond motifs is 1. The predicted molar refractivity (Wildman–Crippen MR) is 117 cm³/mol. The number of nitrogens with zero attached hydrogens (tertiary/aromatic N) is 2. The molecule has 1 aliphatic heterocycles. The maximum Gasteiger partial charge on any atom is 0.415 e. The van der Waals surface area contributed by atoms with Crippen LogP contribution in [0.15, 0.2) is 54.6 Å². The van der Waals surface area contributed by atoms with Gasteiger partial charge in [-0.2, -0.15) is 5.26 Å². The molecular weight excluding hydrogens is 414 g/mol. The Morgan fingerprint density at radius 3 is 2.48 bits per heavy atom. The van der Waals surface area contributed by atoms with Gasteiger partial charge < -0.3 is 19.7 Å². The van der Waals surface area contributed by atoms with Gasteiger partial charge in [-0.15, -0.1) is 11.3 Å². The Morgan fingerprint density at radius 1 is 1.10 bits per heavy atom. The number of nitrogens with one attached hydrogen (secondary N) is 1. The Balaban J connectivity index is 1.48. The largest absolute Gasteiger partial charge is 0.497 e. The maximum atomic E-state index is 12.6. The van der Waals surface area contributed by atoms with E-state index in [1.165, 1.54) is 11.3 Å². The molecule has 1 N–H and O–H groups in total. The average Bonchev–Trinajstić information content (AvgIpc) is 3.16. The van der Waals surface area contributed by atoms with E-state index in [9.17, 15) is 14.9 Å². The zero-order valence-corrected chi connectivity index (χ0v) is 17.6. The second-order valence-corrected chi connectivity index (χ2v) is 7.96. The minimum absolute atomic E-state index is 0.272. The van der Waals surface area contributed by atoms with Crippen molar-refractivity contribution in [1.29, 1.82) is 5.26 Å². The van der Waals surface area contributed by atoms with Gasteiger partial charge in [0, 0.05) is 17.0 Å². The van der Waals surface area contributed by atoms with Crippen molar-refractivity contribution < 1.29 is 19.1 Å². The van der Waals surface area contributed by atoms with E-state index < -0.39 is 6.09 Å². The molecule has 0 saturated carbocycles. The van der Waals surface area contributed by atoms with Crippen molar-refractivity contribution in [3.8, 4) is 17.6 Å². The summed E-state index contributed by atoms with van der Waals surface area (Å²) in [6, 6.07) is 17.8. The molecule has 3 aromatic rings. The van der Waals surface area contributed by atoms with Crippen molar-refractivity contribution in [2.75, 3.05) is 19.0 Å². The van der Waals surface area contributed by atoms with Gasteiger partial charge in [-0.25, -0.2) is 4.79 Å². The van der Waals surface area contributed by atoms with Gasteiger partial charge in [0.1, 0.15) is 22.6 Å². The molecule has 2 heterocycles. The van der Waals surface area contributed by atoms with Crippen LogP contribution in [0, 0.1) is 11.3 Å². The molecule has 0 radical (unpaired) electrons. The van der Waals surface area contributed by atoms with Crippen molar-refractivity contribution in [3.63, 3.8) is 0 Å². The van der Waals surface area contributed by atoms with Crippen LogP contribution in [0.5, 0.6) is 11.5 Å². The quantitative estimate of drug-likeness (QED) is 0.657. The summed E-state index contributed by atoms with van der Waals surface area (Å²) in [4.78, 5) is 27.6. The number of benzene rings is 2. The van der Waals surface area contributed by atoms with Crippen LogP contribution in [-0.4, -0.2) is 30.6 Å². The number of methoxy groups -OCH3 is 1. The number of thiophene rings is 1. The Bertz CT molecular complexity index is 1150. The third-order valence-electron chi connectivity index (χ3n) is 4.95. The summed E-state index contributed by atoms with van der Waals surface area (Å²) in [7, 11) is 1.57. The van der Waals surface area contributed by atoms with Gasteiger partial charge in [-0.1, -0.05) is 18.2 Å². The topological polar surface area (TPSA) is 91.7 Å². The molecule has 7 nitrogen and oxygen atoms in total. The lowest BCUT2D eigenvalue weighted by Gasteiger charge is -2.26. The van der Waals surface area contributed by atoms with E-state index in [1.807, 2.05) is 6.07 Å². The molecule has 0 fully saturated rings. The molecule has 156 valence electrons. The van der Waals surface area contributed by atoms with E-state index in [0.29, 0.717) is 47.1 Å².